The van der Waals surface area contributed by atoms with E-state index in [4.69, 9.17) is 28.3 Å². The van der Waals surface area contributed by atoms with Crippen LogP contribution in [-0.2, 0) is 9.53 Å². The molecule has 10 N–H and O–H groups in total. The third-order valence-electron chi connectivity index (χ3n) is 11.7. The Bertz CT molecular complexity index is 4570. The Kier molecular flexibility index (Phi) is 37.1. The summed E-state index contributed by atoms with van der Waals surface area (Å²) in [5.74, 6) is -0.728. The first kappa shape index (κ1) is 92.0. The molecule has 0 fully saturated rings. The molecule has 0 aliphatic heterocycles. The predicted molar refractivity (Wildman–Crippen MR) is 394 cm³/mol. The molecule has 0 radical (unpaired) electrons. The monoisotopic (exact) mass is 1700 g/mol. The number of H-pyrrole nitrogens is 1. The number of halogens is 14. The van der Waals surface area contributed by atoms with E-state index in [2.05, 4.69) is 91.9 Å². The summed E-state index contributed by atoms with van der Waals surface area (Å²) in [5.41, 5.74) is 26.8. The summed E-state index contributed by atoms with van der Waals surface area (Å²) in [5, 5.41) is 21.7. The van der Waals surface area contributed by atoms with Crippen LogP contribution in [0.25, 0.3) is 55.9 Å². The molecule has 108 heavy (non-hydrogen) atoms. The number of ketones is 4. The Balaban J connectivity index is 0.000000340. The summed E-state index contributed by atoms with van der Waals surface area (Å²) in [6.07, 6.45) is -18.9. The predicted octanol–water partition coefficient (Wildman–Crippen LogP) is 16.6. The van der Waals surface area contributed by atoms with Crippen molar-refractivity contribution in [3.05, 3.63) is 175 Å². The lowest BCUT2D eigenvalue weighted by Gasteiger charge is -2.08. The van der Waals surface area contributed by atoms with Crippen LogP contribution in [0.1, 0.15) is 78.8 Å². The van der Waals surface area contributed by atoms with Crippen molar-refractivity contribution < 1.29 is 100 Å². The number of carbonyl (C=O) groups excluding carboxylic acids is 5. The Morgan fingerprint density at radius 2 is 0.870 bits per heavy atom. The normalized spacial score (nSPS) is 10.9. The van der Waals surface area contributed by atoms with Gasteiger partial charge >= 0.3 is 31.4 Å². The molecule has 10 rings (SSSR count). The maximum absolute atomic E-state index is 12.1. The molecule has 10 aromatic rings. The van der Waals surface area contributed by atoms with Gasteiger partial charge < -0.3 is 46.6 Å². The van der Waals surface area contributed by atoms with Gasteiger partial charge in [-0.15, -0.1) is 110 Å². The highest BCUT2D eigenvalue weighted by atomic mass is 79.9. The molecule has 5 heterocycles. The molecule has 0 saturated heterocycles. The molecule has 23 nitrogen and oxygen atoms in total. The molecule has 5 aromatic heterocycles. The Morgan fingerprint density at radius 1 is 0.528 bits per heavy atom. The lowest BCUT2D eigenvalue weighted by molar-refractivity contribution is -0.275. The zero-order valence-electron chi connectivity index (χ0n) is 56.6. The van der Waals surface area contributed by atoms with E-state index in [9.17, 15) is 76.7 Å². The smallest absolute Gasteiger partial charge is 0.461 e. The number of thiocarbonyl (C=S) groups is 1. The zero-order valence-corrected chi connectivity index (χ0v) is 63.1. The number of Topliss-reactive ketones (excluding diaryl/α,β-unsaturated/α-hetero) is 4. The summed E-state index contributed by atoms with van der Waals surface area (Å²) in [6, 6.07) is 28.9. The number of carbonyl (C=O) groups is 5. The Morgan fingerprint density at radius 3 is 1.16 bits per heavy atom. The third-order valence-corrected chi connectivity index (χ3v) is 16.0. The number of nitrogens with zero attached hydrogens (tertiary/aromatic N) is 7. The van der Waals surface area contributed by atoms with Crippen LogP contribution in [0.15, 0.2) is 148 Å². The highest BCUT2D eigenvalue weighted by Crippen LogP contribution is 2.33. The highest BCUT2D eigenvalue weighted by molar-refractivity contribution is 9.09. The molecule has 0 aliphatic rings. The van der Waals surface area contributed by atoms with Gasteiger partial charge in [-0.1, -0.05) is 58.0 Å². The van der Waals surface area contributed by atoms with Gasteiger partial charge in [0.2, 0.25) is 17.4 Å². The van der Waals surface area contributed by atoms with Gasteiger partial charge in [0, 0.05) is 56.3 Å². The van der Waals surface area contributed by atoms with E-state index in [-0.39, 0.29) is 92.5 Å². The van der Waals surface area contributed by atoms with Crippen molar-refractivity contribution in [1.82, 2.24) is 35.1 Å². The van der Waals surface area contributed by atoms with E-state index in [0.29, 0.717) is 84.5 Å². The molecule has 0 bridgehead atoms. The number of ether oxygens (including phenoxy) is 5. The number of nitrogens with one attached hydrogen (secondary N) is 2. The minimum absolute atomic E-state index is 0. The largest absolute Gasteiger partial charge is 0.573 e. The number of aliphatic imine (C=N–C) groups is 1. The molecule has 42 heteroatoms. The first-order valence-corrected chi connectivity index (χ1v) is 34.7. The summed E-state index contributed by atoms with van der Waals surface area (Å²) < 4.78 is 164. The van der Waals surface area contributed by atoms with Crippen molar-refractivity contribution in [1.29, 1.82) is 5.41 Å². The second kappa shape index (κ2) is 43.6. The number of nitrogens with two attached hydrogens (primary N) is 4. The van der Waals surface area contributed by atoms with E-state index >= 15 is 0 Å². The Labute approximate surface area is 642 Å². The van der Waals surface area contributed by atoms with Crippen LogP contribution < -0.4 is 41.9 Å². The molecule has 578 valence electrons. The number of amidine groups is 2. The van der Waals surface area contributed by atoms with Gasteiger partial charge in [-0.3, -0.25) is 34.7 Å². The third kappa shape index (κ3) is 35.0. The number of aryl methyl sites for hydroxylation is 2. The van der Waals surface area contributed by atoms with Gasteiger partial charge in [0.15, 0.2) is 36.6 Å². The van der Waals surface area contributed by atoms with Crippen molar-refractivity contribution >= 4 is 132 Å². The van der Waals surface area contributed by atoms with Crippen molar-refractivity contribution in [2.24, 2.45) is 27.9 Å². The quantitative estimate of drug-likeness (QED) is 0.00884. The first-order valence-electron chi connectivity index (χ1n) is 29.7. The lowest BCUT2D eigenvalue weighted by Crippen LogP contribution is -2.23. The van der Waals surface area contributed by atoms with Crippen LogP contribution in [0.5, 0.6) is 23.0 Å². The van der Waals surface area contributed by atoms with Gasteiger partial charge in [0.05, 0.1) is 52.9 Å². The second-order valence-corrected chi connectivity index (χ2v) is 24.9. The van der Waals surface area contributed by atoms with Crippen molar-refractivity contribution in [2.75, 3.05) is 25.0 Å². The summed E-state index contributed by atoms with van der Waals surface area (Å²) in [7, 11) is 0. The number of aromatic nitrogens is 7. The topological polar surface area (TPSA) is 365 Å². The summed E-state index contributed by atoms with van der Waals surface area (Å²) >= 11 is 12.2. The van der Waals surface area contributed by atoms with E-state index < -0.39 is 31.4 Å². The summed E-state index contributed by atoms with van der Waals surface area (Å²) in [4.78, 5) is 80.1. The van der Waals surface area contributed by atoms with Gasteiger partial charge in [0.25, 0.3) is 0 Å². The van der Waals surface area contributed by atoms with Gasteiger partial charge in [0.1, 0.15) is 35.4 Å². The standard InChI is InChI=1S/C14H12F3N3O2S.C13H9F3N4OS.C12H9F3N2O2S.C12H8F3NO2S.C9H9BrO.C4H7NO2S.C2H6N2.ClH/c1-8(18)19-6-12(21)13-20-11(7-23-13)9-2-4-10(5-3-9)22-14(15,16)17;1-7-17-11(20-19-7)12-18-10(6-22-12)8-2-4-9(5-3-8)21-13(14,15)16;13-12(14,15)19-8-3-1-7(2-4-8)9-6-20-11(17-9)10(18)5-16;1-7(17)11-16-10(6-19-11)8-2-4-9(5-3-8)18-12(13,14)15;1-7-2-4-8(5-3-7)9(11)6-10;1-2-7-4(6)3(5)8;1-2(3)4;/h2-5,7H,6H2,1H3,(H2,18,19);2-6H,1H3,(H,17,19,20);1-4,6H,5,16H2;2-6H,1H3;2-5H,6H2,1H3;2H2,1H3,(H2,5,8);1H3,(H3,3,4);1H. The Hall–Kier alpha value is -10.2. The number of alkyl halides is 13. The number of benzene rings is 5. The van der Waals surface area contributed by atoms with Crippen LogP contribution in [0.2, 0.25) is 0 Å². The van der Waals surface area contributed by atoms with Crippen molar-refractivity contribution in [2.45, 2.75) is 67.0 Å². The molecule has 5 aromatic carbocycles. The van der Waals surface area contributed by atoms with Crippen LogP contribution in [0, 0.1) is 19.3 Å². The van der Waals surface area contributed by atoms with E-state index in [0.717, 1.165) is 28.2 Å². The molecule has 0 aliphatic carbocycles. The number of hydrogen-bond acceptors (Lipinski definition) is 24. The van der Waals surface area contributed by atoms with Crippen LogP contribution >= 0.6 is 85.9 Å². The van der Waals surface area contributed by atoms with Gasteiger partial charge in [-0.2, -0.15) is 5.10 Å². The number of aromatic amines is 1. The van der Waals surface area contributed by atoms with Crippen LogP contribution in [0.3, 0.4) is 0 Å². The fourth-order valence-corrected chi connectivity index (χ4v) is 10.7. The van der Waals surface area contributed by atoms with Crippen molar-refractivity contribution in [3.63, 3.8) is 0 Å². The number of rotatable bonds is 18. The maximum Gasteiger partial charge on any atom is 0.573 e. The van der Waals surface area contributed by atoms with Gasteiger partial charge in [-0.25, -0.2) is 29.7 Å². The molecular weight excluding hydrogens is 1640 g/mol. The highest BCUT2D eigenvalue weighted by Gasteiger charge is 2.34. The van der Waals surface area contributed by atoms with Crippen molar-refractivity contribution in [3.8, 4) is 78.9 Å². The fraction of sp³-hybridized carbons (Fsp3) is 0.212. The minimum atomic E-state index is -4.73. The average Bonchev–Trinajstić information content (AvgIpc) is 1.61. The summed E-state index contributed by atoms with van der Waals surface area (Å²) in [6.45, 7) is 10.1. The van der Waals surface area contributed by atoms with Gasteiger partial charge in [-0.05, 0) is 132 Å². The zero-order chi connectivity index (χ0) is 80.0. The molecule has 0 atom stereocenters. The lowest BCUT2D eigenvalue weighted by atomic mass is 10.1. The van der Waals surface area contributed by atoms with E-state index in [1.54, 1.807) is 42.3 Å². The van der Waals surface area contributed by atoms with E-state index in [1.807, 2.05) is 31.2 Å². The molecule has 0 unspecified atom stereocenters. The number of thiazole rings is 4. The van der Waals surface area contributed by atoms with Crippen LogP contribution in [0.4, 0.5) is 52.7 Å². The number of esters is 1. The molecule has 0 saturated carbocycles. The molecule has 0 amide bonds. The fourth-order valence-electron chi connectivity index (χ4n) is 7.26. The molecule has 0 spiro atoms. The number of hydrogen-bond donors (Lipinski definition) is 6. The SMILES string of the molecule is CC(=N)N.CC(=O)c1nc(-c2ccc(OC(F)(F)F)cc2)cs1.CC(N)=NCC(=O)c1nc(-c2ccc(OC(F)(F)F)cc2)cs1.CCOC(=O)C(N)=S.Cc1ccc(C(=O)CBr)cc1.Cc1nc(-c2nc(-c3ccc(OC(F)(F)F)cc3)cs2)n[nH]1.Cl.NCC(=O)c1nc(-c2ccc(OC(F)(F)F)cc2)cs1. The second-order valence-electron chi connectivity index (χ2n) is 20.4. The molecular formula is C66H61BrClF12N13O10S5. The maximum atomic E-state index is 12.1. The first-order chi connectivity index (χ1) is 50.0. The van der Waals surface area contributed by atoms with Crippen LogP contribution in [-0.4, -0.2) is 131 Å². The van der Waals surface area contributed by atoms with E-state index in [1.165, 1.54) is 139 Å². The minimum Gasteiger partial charge on any atom is -0.461 e. The average molecular weight is 1700 g/mol.